The predicted molar refractivity (Wildman–Crippen MR) is 71.8 cm³/mol. The van der Waals surface area contributed by atoms with E-state index in [0.717, 1.165) is 16.8 Å². The van der Waals surface area contributed by atoms with Gasteiger partial charge in [-0.25, -0.2) is 4.39 Å². The number of aryl methyl sites for hydroxylation is 3. The second-order valence-corrected chi connectivity index (χ2v) is 4.66. The molecular weight excluding hydrogens is 243 g/mol. The molecule has 2 aromatic rings. The molecule has 1 heterocycles. The number of rotatable bonds is 4. The summed E-state index contributed by atoms with van der Waals surface area (Å²) in [5.41, 5.74) is 3.06. The number of carbonyl (C=O) groups excluding carboxylic acids is 1. The molecule has 0 aliphatic carbocycles. The Kier molecular flexibility index (Phi) is 3.79. The van der Waals surface area contributed by atoms with Crippen LogP contribution in [-0.2, 0) is 13.0 Å². The first-order valence-corrected chi connectivity index (χ1v) is 6.34. The van der Waals surface area contributed by atoms with Gasteiger partial charge in [-0.15, -0.1) is 0 Å². The molecule has 0 saturated carbocycles. The molecule has 0 saturated heterocycles. The van der Waals surface area contributed by atoms with Crippen molar-refractivity contribution in [1.82, 2.24) is 9.78 Å². The van der Waals surface area contributed by atoms with E-state index in [0.29, 0.717) is 12.2 Å². The van der Waals surface area contributed by atoms with E-state index in [4.69, 9.17) is 0 Å². The predicted octanol–water partition coefficient (Wildman–Crippen LogP) is 3.08. The van der Waals surface area contributed by atoms with Crippen molar-refractivity contribution in [2.24, 2.45) is 0 Å². The lowest BCUT2D eigenvalue weighted by molar-refractivity contribution is 0.0982. The molecule has 2 rings (SSSR count). The van der Waals surface area contributed by atoms with Gasteiger partial charge in [-0.3, -0.25) is 9.48 Å². The summed E-state index contributed by atoms with van der Waals surface area (Å²) in [5, 5.41) is 4.25. The van der Waals surface area contributed by atoms with Gasteiger partial charge in [0, 0.05) is 13.0 Å². The molecule has 0 amide bonds. The lowest BCUT2D eigenvalue weighted by Crippen LogP contribution is -2.12. The van der Waals surface area contributed by atoms with Crippen molar-refractivity contribution in [1.29, 1.82) is 0 Å². The van der Waals surface area contributed by atoms with E-state index in [1.807, 2.05) is 20.8 Å². The number of ketones is 1. The topological polar surface area (TPSA) is 34.9 Å². The summed E-state index contributed by atoms with van der Waals surface area (Å²) in [6.45, 7) is 6.33. The summed E-state index contributed by atoms with van der Waals surface area (Å²) >= 11 is 0. The minimum Gasteiger partial charge on any atom is -0.292 e. The van der Waals surface area contributed by atoms with E-state index in [9.17, 15) is 9.18 Å². The van der Waals surface area contributed by atoms with Crippen molar-refractivity contribution in [3.05, 3.63) is 52.6 Å². The molecule has 1 aromatic heterocycles. The normalized spacial score (nSPS) is 10.7. The van der Waals surface area contributed by atoms with Gasteiger partial charge in [-0.2, -0.15) is 5.10 Å². The molecule has 0 fully saturated rings. The van der Waals surface area contributed by atoms with Crippen LogP contribution in [0.4, 0.5) is 4.39 Å². The minimum atomic E-state index is -0.312. The van der Waals surface area contributed by atoms with Gasteiger partial charge in [-0.1, -0.05) is 6.07 Å². The lowest BCUT2D eigenvalue weighted by atomic mass is 10.0. The zero-order valence-electron chi connectivity index (χ0n) is 11.4. The highest BCUT2D eigenvalue weighted by molar-refractivity contribution is 5.96. The summed E-state index contributed by atoms with van der Waals surface area (Å²) in [4.78, 5) is 12.3. The molecule has 0 radical (unpaired) electrons. The highest BCUT2D eigenvalue weighted by Crippen LogP contribution is 2.14. The molecule has 4 heteroatoms. The van der Waals surface area contributed by atoms with Gasteiger partial charge in [0.2, 0.25) is 0 Å². The fourth-order valence-corrected chi connectivity index (χ4v) is 2.11. The van der Waals surface area contributed by atoms with Gasteiger partial charge in [0.25, 0.3) is 0 Å². The van der Waals surface area contributed by atoms with Crippen LogP contribution in [0.5, 0.6) is 0 Å². The third kappa shape index (κ3) is 2.89. The molecule has 19 heavy (non-hydrogen) atoms. The van der Waals surface area contributed by atoms with Crippen molar-refractivity contribution < 1.29 is 9.18 Å². The van der Waals surface area contributed by atoms with Crippen LogP contribution >= 0.6 is 0 Å². The monoisotopic (exact) mass is 260 g/mol. The minimum absolute atomic E-state index is 0.0313. The second-order valence-electron chi connectivity index (χ2n) is 4.66. The lowest BCUT2D eigenvalue weighted by Gasteiger charge is -2.06. The maximum absolute atomic E-state index is 13.2. The molecule has 0 N–H and O–H groups in total. The van der Waals surface area contributed by atoms with E-state index in [-0.39, 0.29) is 18.0 Å². The quantitative estimate of drug-likeness (QED) is 0.792. The van der Waals surface area contributed by atoms with Crippen LogP contribution in [0.25, 0.3) is 0 Å². The number of hydrogen-bond donors (Lipinski definition) is 0. The van der Waals surface area contributed by atoms with Crippen LogP contribution < -0.4 is 0 Å². The van der Waals surface area contributed by atoms with Gasteiger partial charge < -0.3 is 0 Å². The SMILES string of the molecule is CCn1nc(C)cc1C(=O)Cc1cc(F)ccc1C. The molecule has 0 aliphatic rings. The summed E-state index contributed by atoms with van der Waals surface area (Å²) in [6.07, 6.45) is 0.203. The highest BCUT2D eigenvalue weighted by atomic mass is 19.1. The van der Waals surface area contributed by atoms with Gasteiger partial charge in [0.1, 0.15) is 11.5 Å². The number of carbonyl (C=O) groups is 1. The number of hydrogen-bond acceptors (Lipinski definition) is 2. The Morgan fingerprint density at radius 3 is 2.74 bits per heavy atom. The van der Waals surface area contributed by atoms with Crippen molar-refractivity contribution >= 4 is 5.78 Å². The first-order valence-electron chi connectivity index (χ1n) is 6.34. The molecule has 0 bridgehead atoms. The molecule has 3 nitrogen and oxygen atoms in total. The standard InChI is InChI=1S/C15H17FN2O/c1-4-18-14(7-11(3)17-18)15(19)9-12-8-13(16)6-5-10(12)2/h5-8H,4,9H2,1-3H3. The average Bonchev–Trinajstić information content (AvgIpc) is 2.75. The number of nitrogens with zero attached hydrogens (tertiary/aromatic N) is 2. The molecular formula is C15H17FN2O. The maximum Gasteiger partial charge on any atom is 0.185 e. The molecule has 0 spiro atoms. The Morgan fingerprint density at radius 1 is 1.32 bits per heavy atom. The van der Waals surface area contributed by atoms with E-state index >= 15 is 0 Å². The molecule has 100 valence electrons. The van der Waals surface area contributed by atoms with Crippen molar-refractivity contribution in [3.63, 3.8) is 0 Å². The first kappa shape index (κ1) is 13.5. The van der Waals surface area contributed by atoms with Gasteiger partial charge in [-0.05, 0) is 50.1 Å². The van der Waals surface area contributed by atoms with E-state index < -0.39 is 0 Å². The smallest absolute Gasteiger partial charge is 0.185 e. The third-order valence-electron chi connectivity index (χ3n) is 3.15. The summed E-state index contributed by atoms with van der Waals surface area (Å²) < 4.78 is 14.9. The molecule has 0 atom stereocenters. The largest absolute Gasteiger partial charge is 0.292 e. The zero-order chi connectivity index (χ0) is 14.0. The maximum atomic E-state index is 13.2. The number of Topliss-reactive ketones (excluding diaryl/α,β-unsaturated/α-hetero) is 1. The molecule has 0 unspecified atom stereocenters. The van der Waals surface area contributed by atoms with Crippen LogP contribution in [0.2, 0.25) is 0 Å². The second kappa shape index (κ2) is 5.34. The molecule has 0 aliphatic heterocycles. The van der Waals surface area contributed by atoms with Crippen LogP contribution in [0.15, 0.2) is 24.3 Å². The van der Waals surface area contributed by atoms with E-state index in [2.05, 4.69) is 5.10 Å². The van der Waals surface area contributed by atoms with Crippen LogP contribution in [0, 0.1) is 19.7 Å². The summed E-state index contributed by atoms with van der Waals surface area (Å²) in [5.74, 6) is -0.343. The zero-order valence-corrected chi connectivity index (χ0v) is 11.4. The number of halogens is 1. The van der Waals surface area contributed by atoms with Crippen molar-refractivity contribution in [3.8, 4) is 0 Å². The number of aromatic nitrogens is 2. The van der Waals surface area contributed by atoms with Crippen LogP contribution in [0.1, 0.15) is 34.2 Å². The fraction of sp³-hybridized carbons (Fsp3) is 0.333. The Labute approximate surface area is 112 Å². The van der Waals surface area contributed by atoms with Crippen LogP contribution in [0.3, 0.4) is 0 Å². The fourth-order valence-electron chi connectivity index (χ4n) is 2.11. The Morgan fingerprint density at radius 2 is 2.05 bits per heavy atom. The van der Waals surface area contributed by atoms with Gasteiger partial charge >= 0.3 is 0 Å². The highest BCUT2D eigenvalue weighted by Gasteiger charge is 2.15. The first-order chi connectivity index (χ1) is 9.01. The van der Waals surface area contributed by atoms with Crippen molar-refractivity contribution in [2.75, 3.05) is 0 Å². The number of benzene rings is 1. The van der Waals surface area contributed by atoms with Gasteiger partial charge in [0.15, 0.2) is 5.78 Å². The van der Waals surface area contributed by atoms with Gasteiger partial charge in [0.05, 0.1) is 5.69 Å². The Balaban J connectivity index is 2.27. The van der Waals surface area contributed by atoms with E-state index in [1.54, 1.807) is 16.8 Å². The molecule has 1 aromatic carbocycles. The Bertz CT molecular complexity index is 617. The summed E-state index contributed by atoms with van der Waals surface area (Å²) in [6, 6.07) is 6.30. The third-order valence-corrected chi connectivity index (χ3v) is 3.15. The van der Waals surface area contributed by atoms with Crippen LogP contribution in [-0.4, -0.2) is 15.6 Å². The van der Waals surface area contributed by atoms with E-state index in [1.165, 1.54) is 12.1 Å². The summed E-state index contributed by atoms with van der Waals surface area (Å²) in [7, 11) is 0. The Hall–Kier alpha value is -1.97. The van der Waals surface area contributed by atoms with Crippen molar-refractivity contribution in [2.45, 2.75) is 33.7 Å². The average molecular weight is 260 g/mol.